The minimum absolute atomic E-state index is 0.00703. The van der Waals surface area contributed by atoms with E-state index >= 15 is 0 Å². The van der Waals surface area contributed by atoms with Gasteiger partial charge in [-0.1, -0.05) is 90.6 Å². The molecule has 1 fully saturated rings. The van der Waals surface area contributed by atoms with Crippen molar-refractivity contribution in [1.29, 1.82) is 0 Å². The maximum absolute atomic E-state index is 14.6. The smallest absolute Gasteiger partial charge is 0.264 e. The van der Waals surface area contributed by atoms with Crippen LogP contribution in [0, 0.1) is 6.92 Å². The molecule has 4 aromatic carbocycles. The summed E-state index contributed by atoms with van der Waals surface area (Å²) in [6.07, 6.45) is 4.08. The summed E-state index contributed by atoms with van der Waals surface area (Å²) in [4.78, 5) is 30.2. The van der Waals surface area contributed by atoms with Gasteiger partial charge in [-0.15, -0.1) is 0 Å². The standard InChI is InChI=1S/C36H37Cl2N3O4S/c1-26-9-7-16-32(21-26)41(46(44,45)33-19-17-29(37)18-20-33)25-35(42)40(24-28-12-8-13-30(38)22-28)34(23-27-10-3-2-4-11-27)36(43)39-31-14-5-6-15-31/h2-4,7-13,16-22,31,34H,5-6,14-15,23-25H2,1H3,(H,39,43)/t34-/m0/s1. The summed E-state index contributed by atoms with van der Waals surface area (Å²) < 4.78 is 29.4. The first-order chi connectivity index (χ1) is 22.1. The van der Waals surface area contributed by atoms with Gasteiger partial charge in [0, 0.05) is 29.1 Å². The van der Waals surface area contributed by atoms with Crippen molar-refractivity contribution in [2.75, 3.05) is 10.8 Å². The van der Waals surface area contributed by atoms with Crippen LogP contribution in [-0.4, -0.2) is 43.8 Å². The molecule has 1 saturated carbocycles. The lowest BCUT2D eigenvalue weighted by molar-refractivity contribution is -0.140. The van der Waals surface area contributed by atoms with Gasteiger partial charge in [0.15, 0.2) is 0 Å². The van der Waals surface area contributed by atoms with Crippen LogP contribution in [0.4, 0.5) is 5.69 Å². The molecule has 0 radical (unpaired) electrons. The van der Waals surface area contributed by atoms with Crippen LogP contribution in [0.5, 0.6) is 0 Å². The van der Waals surface area contributed by atoms with Crippen LogP contribution in [-0.2, 0) is 32.6 Å². The molecule has 0 unspecified atom stereocenters. The summed E-state index contributed by atoms with van der Waals surface area (Å²) in [5.74, 6) is -0.796. The predicted octanol–water partition coefficient (Wildman–Crippen LogP) is 7.20. The Hall–Kier alpha value is -3.85. The summed E-state index contributed by atoms with van der Waals surface area (Å²) in [7, 11) is -4.21. The van der Waals surface area contributed by atoms with Gasteiger partial charge in [-0.25, -0.2) is 8.42 Å². The number of hydrogen-bond acceptors (Lipinski definition) is 4. The van der Waals surface area contributed by atoms with E-state index in [1.54, 1.807) is 36.4 Å². The van der Waals surface area contributed by atoms with Crippen molar-refractivity contribution in [2.24, 2.45) is 0 Å². The minimum Gasteiger partial charge on any atom is -0.352 e. The quantitative estimate of drug-likeness (QED) is 0.172. The van der Waals surface area contributed by atoms with Crippen molar-refractivity contribution in [2.45, 2.75) is 62.6 Å². The van der Waals surface area contributed by atoms with Gasteiger partial charge in [0.2, 0.25) is 11.8 Å². The molecular formula is C36H37Cl2N3O4S. The number of rotatable bonds is 12. The van der Waals surface area contributed by atoms with Gasteiger partial charge in [-0.2, -0.15) is 0 Å². The van der Waals surface area contributed by atoms with E-state index in [9.17, 15) is 18.0 Å². The number of anilines is 1. The van der Waals surface area contributed by atoms with Crippen molar-refractivity contribution in [3.05, 3.63) is 130 Å². The molecule has 0 saturated heterocycles. The summed E-state index contributed by atoms with van der Waals surface area (Å²) in [5, 5.41) is 4.07. The van der Waals surface area contributed by atoms with Crippen LogP contribution in [0.1, 0.15) is 42.4 Å². The first kappa shape index (κ1) is 33.5. The lowest BCUT2D eigenvalue weighted by Crippen LogP contribution is -2.54. The fourth-order valence-electron chi connectivity index (χ4n) is 5.80. The van der Waals surface area contributed by atoms with Crippen molar-refractivity contribution >= 4 is 50.7 Å². The summed E-state index contributed by atoms with van der Waals surface area (Å²) in [5.41, 5.74) is 2.76. The number of hydrogen-bond donors (Lipinski definition) is 1. The highest BCUT2D eigenvalue weighted by atomic mass is 35.5. The van der Waals surface area contributed by atoms with Gasteiger partial charge in [-0.3, -0.25) is 13.9 Å². The zero-order chi connectivity index (χ0) is 32.7. The molecule has 240 valence electrons. The van der Waals surface area contributed by atoms with Gasteiger partial charge in [0.05, 0.1) is 10.6 Å². The molecule has 2 amide bonds. The molecular weight excluding hydrogens is 641 g/mol. The van der Waals surface area contributed by atoms with Crippen LogP contribution >= 0.6 is 23.2 Å². The summed E-state index contributed by atoms with van der Waals surface area (Å²) >= 11 is 12.4. The highest BCUT2D eigenvalue weighted by molar-refractivity contribution is 7.92. The van der Waals surface area contributed by atoms with E-state index in [0.29, 0.717) is 15.7 Å². The van der Waals surface area contributed by atoms with E-state index in [2.05, 4.69) is 5.32 Å². The number of carbonyl (C=O) groups excluding carboxylic acids is 2. The van der Waals surface area contributed by atoms with Crippen LogP contribution in [0.25, 0.3) is 0 Å². The third-order valence-corrected chi connectivity index (χ3v) is 10.5. The summed E-state index contributed by atoms with van der Waals surface area (Å²) in [6.45, 7) is 1.38. The van der Waals surface area contributed by atoms with Gasteiger partial charge in [0.25, 0.3) is 10.0 Å². The first-order valence-electron chi connectivity index (χ1n) is 15.3. The Kier molecular flexibility index (Phi) is 11.0. The Balaban J connectivity index is 1.57. The molecule has 7 nitrogen and oxygen atoms in total. The van der Waals surface area contributed by atoms with Crippen LogP contribution < -0.4 is 9.62 Å². The van der Waals surface area contributed by atoms with Crippen molar-refractivity contribution in [1.82, 2.24) is 10.2 Å². The number of sulfonamides is 1. The molecule has 1 atom stereocenters. The molecule has 46 heavy (non-hydrogen) atoms. The number of halogens is 2. The number of amides is 2. The Morgan fingerprint density at radius 1 is 0.826 bits per heavy atom. The largest absolute Gasteiger partial charge is 0.352 e. The zero-order valence-corrected chi connectivity index (χ0v) is 27.9. The molecule has 4 aromatic rings. The second-order valence-electron chi connectivity index (χ2n) is 11.7. The molecule has 1 aliphatic rings. The van der Waals surface area contributed by atoms with Crippen molar-refractivity contribution < 1.29 is 18.0 Å². The van der Waals surface area contributed by atoms with E-state index in [1.165, 1.54) is 29.2 Å². The molecule has 5 rings (SSSR count). The highest BCUT2D eigenvalue weighted by Gasteiger charge is 2.35. The Bertz CT molecular complexity index is 1760. The fourth-order valence-corrected chi connectivity index (χ4v) is 7.54. The Morgan fingerprint density at radius 2 is 1.50 bits per heavy atom. The normalized spacial score (nSPS) is 14.1. The molecule has 1 aliphatic carbocycles. The van der Waals surface area contributed by atoms with Crippen LogP contribution in [0.3, 0.4) is 0 Å². The lowest BCUT2D eigenvalue weighted by Gasteiger charge is -2.34. The number of aryl methyl sites for hydroxylation is 1. The van der Waals surface area contributed by atoms with E-state index in [4.69, 9.17) is 23.2 Å². The molecule has 0 bridgehead atoms. The second kappa shape index (κ2) is 15.2. The third kappa shape index (κ3) is 8.49. The lowest BCUT2D eigenvalue weighted by atomic mass is 10.0. The maximum Gasteiger partial charge on any atom is 0.264 e. The van der Waals surface area contributed by atoms with E-state index in [1.807, 2.05) is 49.4 Å². The Labute approximate surface area is 281 Å². The number of benzene rings is 4. The van der Waals surface area contributed by atoms with Gasteiger partial charge >= 0.3 is 0 Å². The molecule has 0 spiro atoms. The molecule has 0 aliphatic heterocycles. The van der Waals surface area contributed by atoms with E-state index in [-0.39, 0.29) is 29.8 Å². The molecule has 10 heteroatoms. The Morgan fingerprint density at radius 3 is 2.17 bits per heavy atom. The van der Waals surface area contributed by atoms with Crippen molar-refractivity contribution in [3.8, 4) is 0 Å². The van der Waals surface area contributed by atoms with Crippen LogP contribution in [0.2, 0.25) is 10.0 Å². The molecule has 0 aromatic heterocycles. The molecule has 0 heterocycles. The average Bonchev–Trinajstić information content (AvgIpc) is 3.55. The fraction of sp³-hybridized carbons (Fsp3) is 0.278. The number of carbonyl (C=O) groups is 2. The second-order valence-corrected chi connectivity index (χ2v) is 14.4. The maximum atomic E-state index is 14.6. The topological polar surface area (TPSA) is 86.8 Å². The SMILES string of the molecule is Cc1cccc(N(CC(=O)N(Cc2cccc(Cl)c2)[C@@H](Cc2ccccc2)C(=O)NC2CCCC2)S(=O)(=O)c2ccc(Cl)cc2)c1. The van der Waals surface area contributed by atoms with Gasteiger partial charge < -0.3 is 10.2 Å². The van der Waals surface area contributed by atoms with E-state index in [0.717, 1.165) is 46.7 Å². The highest BCUT2D eigenvalue weighted by Crippen LogP contribution is 2.27. The van der Waals surface area contributed by atoms with Gasteiger partial charge in [0.1, 0.15) is 12.6 Å². The number of nitrogens with zero attached hydrogens (tertiary/aromatic N) is 2. The van der Waals surface area contributed by atoms with Crippen molar-refractivity contribution in [3.63, 3.8) is 0 Å². The monoisotopic (exact) mass is 677 g/mol. The zero-order valence-electron chi connectivity index (χ0n) is 25.6. The summed E-state index contributed by atoms with van der Waals surface area (Å²) in [6, 6.07) is 28.6. The van der Waals surface area contributed by atoms with E-state index < -0.39 is 28.5 Å². The van der Waals surface area contributed by atoms with Gasteiger partial charge in [-0.05, 0) is 85.0 Å². The average molecular weight is 679 g/mol. The molecule has 1 N–H and O–H groups in total. The predicted molar refractivity (Wildman–Crippen MR) is 183 cm³/mol. The first-order valence-corrected chi connectivity index (χ1v) is 17.5. The minimum atomic E-state index is -4.21. The van der Waals surface area contributed by atoms with Crippen LogP contribution in [0.15, 0.2) is 108 Å². The number of nitrogens with one attached hydrogen (secondary N) is 1. The third-order valence-electron chi connectivity index (χ3n) is 8.18.